The number of aryl methyl sites for hydroxylation is 1. The molecular formula is C14H19NS. The molecule has 1 heterocycles. The van der Waals surface area contributed by atoms with E-state index in [0.29, 0.717) is 0 Å². The third-order valence-corrected chi connectivity index (χ3v) is 5.18. The molecule has 2 unspecified atom stereocenters. The summed E-state index contributed by atoms with van der Waals surface area (Å²) in [4.78, 5) is 0. The van der Waals surface area contributed by atoms with Crippen LogP contribution < -0.4 is 5.32 Å². The molecule has 2 atom stereocenters. The van der Waals surface area contributed by atoms with Crippen molar-refractivity contribution in [3.8, 4) is 0 Å². The van der Waals surface area contributed by atoms with E-state index in [4.69, 9.17) is 0 Å². The Balaban J connectivity index is 1.86. The molecule has 1 aliphatic carbocycles. The molecule has 0 saturated carbocycles. The SMILES string of the molecule is c1ccc2c(c1)CCCC2C1CNCCS1. The minimum atomic E-state index is 0.794. The largest absolute Gasteiger partial charge is 0.315 e. The summed E-state index contributed by atoms with van der Waals surface area (Å²) in [5, 5.41) is 4.34. The molecule has 0 radical (unpaired) electrons. The molecule has 1 fully saturated rings. The second kappa shape index (κ2) is 4.80. The maximum Gasteiger partial charge on any atom is 0.0241 e. The smallest absolute Gasteiger partial charge is 0.0241 e. The van der Waals surface area contributed by atoms with Crippen LogP contribution in [0, 0.1) is 0 Å². The van der Waals surface area contributed by atoms with Gasteiger partial charge >= 0.3 is 0 Å². The lowest BCUT2D eigenvalue weighted by Gasteiger charge is -2.34. The summed E-state index contributed by atoms with van der Waals surface area (Å²) in [5.41, 5.74) is 3.24. The van der Waals surface area contributed by atoms with Gasteiger partial charge in [0.1, 0.15) is 0 Å². The van der Waals surface area contributed by atoms with Crippen LogP contribution in [0.15, 0.2) is 24.3 Å². The van der Waals surface area contributed by atoms with Gasteiger partial charge in [-0.05, 0) is 36.3 Å². The van der Waals surface area contributed by atoms with Crippen LogP contribution in [0.5, 0.6) is 0 Å². The molecular weight excluding hydrogens is 214 g/mol. The van der Waals surface area contributed by atoms with Gasteiger partial charge in [0, 0.05) is 24.1 Å². The number of hydrogen-bond donors (Lipinski definition) is 1. The number of fused-ring (bicyclic) bond motifs is 1. The van der Waals surface area contributed by atoms with Crippen molar-refractivity contribution in [1.82, 2.24) is 5.32 Å². The second-order valence-electron chi connectivity index (χ2n) is 4.81. The fourth-order valence-electron chi connectivity index (χ4n) is 3.02. The van der Waals surface area contributed by atoms with E-state index < -0.39 is 0 Å². The normalized spacial score (nSPS) is 29.8. The quantitative estimate of drug-likeness (QED) is 0.800. The Labute approximate surface area is 102 Å². The predicted octanol–water partition coefficient (Wildman–Crippen LogP) is 2.81. The van der Waals surface area contributed by atoms with Gasteiger partial charge in [0.05, 0.1) is 0 Å². The van der Waals surface area contributed by atoms with E-state index in [0.717, 1.165) is 11.2 Å². The summed E-state index contributed by atoms with van der Waals surface area (Å²) >= 11 is 2.17. The first kappa shape index (κ1) is 10.7. The van der Waals surface area contributed by atoms with E-state index in [1.54, 1.807) is 11.1 Å². The van der Waals surface area contributed by atoms with E-state index in [1.807, 2.05) is 0 Å². The van der Waals surface area contributed by atoms with Crippen molar-refractivity contribution in [1.29, 1.82) is 0 Å². The summed E-state index contributed by atoms with van der Waals surface area (Å²) in [6.45, 7) is 2.39. The monoisotopic (exact) mass is 233 g/mol. The Bertz CT molecular complexity index is 358. The maximum atomic E-state index is 3.54. The summed E-state index contributed by atoms with van der Waals surface area (Å²) in [6.07, 6.45) is 4.05. The van der Waals surface area contributed by atoms with E-state index >= 15 is 0 Å². The van der Waals surface area contributed by atoms with Gasteiger partial charge in [-0.1, -0.05) is 24.3 Å². The standard InChI is InChI=1S/C14H19NS/c1-2-6-12-11(4-1)5-3-7-13(12)14-10-15-8-9-16-14/h1-2,4,6,13-15H,3,5,7-10H2. The van der Waals surface area contributed by atoms with Gasteiger partial charge in [0.15, 0.2) is 0 Å². The average molecular weight is 233 g/mol. The number of thioether (sulfide) groups is 1. The second-order valence-corrected chi connectivity index (χ2v) is 6.16. The lowest BCUT2D eigenvalue weighted by Crippen LogP contribution is -2.37. The van der Waals surface area contributed by atoms with Gasteiger partial charge in [0.2, 0.25) is 0 Å². The van der Waals surface area contributed by atoms with Gasteiger partial charge in [0.25, 0.3) is 0 Å². The van der Waals surface area contributed by atoms with E-state index in [-0.39, 0.29) is 0 Å². The molecule has 0 bridgehead atoms. The Morgan fingerprint density at radius 3 is 3.06 bits per heavy atom. The lowest BCUT2D eigenvalue weighted by atomic mass is 9.81. The van der Waals surface area contributed by atoms with Gasteiger partial charge < -0.3 is 5.32 Å². The minimum absolute atomic E-state index is 0.794. The number of rotatable bonds is 1. The lowest BCUT2D eigenvalue weighted by molar-refractivity contribution is 0.506. The molecule has 0 spiro atoms. The molecule has 1 nitrogen and oxygen atoms in total. The Hall–Kier alpha value is -0.470. The fourth-order valence-corrected chi connectivity index (χ4v) is 4.34. The molecule has 86 valence electrons. The van der Waals surface area contributed by atoms with Crippen molar-refractivity contribution in [2.75, 3.05) is 18.8 Å². The number of hydrogen-bond acceptors (Lipinski definition) is 2. The highest BCUT2D eigenvalue weighted by Gasteiger charge is 2.28. The first-order valence-corrected chi connectivity index (χ1v) is 7.40. The molecule has 1 aromatic carbocycles. The average Bonchev–Trinajstić information content (AvgIpc) is 2.39. The Kier molecular flexibility index (Phi) is 3.20. The van der Waals surface area contributed by atoms with Crippen molar-refractivity contribution in [2.24, 2.45) is 0 Å². The maximum absolute atomic E-state index is 3.54. The third-order valence-electron chi connectivity index (χ3n) is 3.82. The molecule has 2 heteroatoms. The molecule has 0 amide bonds. The Morgan fingerprint density at radius 2 is 2.19 bits per heavy atom. The minimum Gasteiger partial charge on any atom is -0.315 e. The van der Waals surface area contributed by atoms with Crippen molar-refractivity contribution in [2.45, 2.75) is 30.4 Å². The third kappa shape index (κ3) is 2.01. The zero-order valence-electron chi connectivity index (χ0n) is 9.61. The van der Waals surface area contributed by atoms with Gasteiger partial charge in [-0.25, -0.2) is 0 Å². The molecule has 0 aromatic heterocycles. The zero-order chi connectivity index (χ0) is 10.8. The highest BCUT2D eigenvalue weighted by Crippen LogP contribution is 2.38. The van der Waals surface area contributed by atoms with E-state index in [9.17, 15) is 0 Å². The van der Waals surface area contributed by atoms with Crippen molar-refractivity contribution in [3.63, 3.8) is 0 Å². The van der Waals surface area contributed by atoms with Crippen molar-refractivity contribution < 1.29 is 0 Å². The highest BCUT2D eigenvalue weighted by atomic mass is 32.2. The summed E-state index contributed by atoms with van der Waals surface area (Å²) in [7, 11) is 0. The predicted molar refractivity (Wildman–Crippen MR) is 71.2 cm³/mol. The molecule has 1 aliphatic heterocycles. The fraction of sp³-hybridized carbons (Fsp3) is 0.571. The van der Waals surface area contributed by atoms with Crippen molar-refractivity contribution in [3.05, 3.63) is 35.4 Å². The van der Waals surface area contributed by atoms with Crippen LogP contribution in [-0.4, -0.2) is 24.1 Å². The first-order chi connectivity index (χ1) is 7.95. The summed E-state index contributed by atoms with van der Waals surface area (Å²) in [5.74, 6) is 2.08. The molecule has 1 N–H and O–H groups in total. The number of nitrogens with one attached hydrogen (secondary N) is 1. The van der Waals surface area contributed by atoms with Crippen LogP contribution in [0.25, 0.3) is 0 Å². The van der Waals surface area contributed by atoms with E-state index in [2.05, 4.69) is 41.3 Å². The topological polar surface area (TPSA) is 12.0 Å². The molecule has 1 saturated heterocycles. The van der Waals surface area contributed by atoms with Crippen LogP contribution in [0.2, 0.25) is 0 Å². The van der Waals surface area contributed by atoms with Crippen LogP contribution in [0.3, 0.4) is 0 Å². The molecule has 2 aliphatic rings. The van der Waals surface area contributed by atoms with Crippen molar-refractivity contribution >= 4 is 11.8 Å². The van der Waals surface area contributed by atoms with Crippen LogP contribution >= 0.6 is 11.8 Å². The molecule has 3 rings (SSSR count). The molecule has 16 heavy (non-hydrogen) atoms. The highest BCUT2D eigenvalue weighted by molar-refractivity contribution is 8.00. The van der Waals surface area contributed by atoms with Crippen LogP contribution in [0.4, 0.5) is 0 Å². The Morgan fingerprint density at radius 1 is 1.25 bits per heavy atom. The summed E-state index contributed by atoms with van der Waals surface area (Å²) in [6, 6.07) is 9.07. The summed E-state index contributed by atoms with van der Waals surface area (Å²) < 4.78 is 0. The number of benzene rings is 1. The zero-order valence-corrected chi connectivity index (χ0v) is 10.4. The molecule has 1 aromatic rings. The van der Waals surface area contributed by atoms with Crippen LogP contribution in [-0.2, 0) is 6.42 Å². The van der Waals surface area contributed by atoms with Gasteiger partial charge in [-0.3, -0.25) is 0 Å². The van der Waals surface area contributed by atoms with Gasteiger partial charge in [-0.15, -0.1) is 0 Å². The van der Waals surface area contributed by atoms with Gasteiger partial charge in [-0.2, -0.15) is 11.8 Å². The van der Waals surface area contributed by atoms with Crippen LogP contribution in [0.1, 0.15) is 29.9 Å². The first-order valence-electron chi connectivity index (χ1n) is 6.35. The van der Waals surface area contributed by atoms with E-state index in [1.165, 1.54) is 38.1 Å².